The lowest BCUT2D eigenvalue weighted by Crippen LogP contribution is -2.41. The molecule has 1 N–H and O–H groups in total. The van der Waals surface area contributed by atoms with Crippen LogP contribution in [0.15, 0.2) is 29.1 Å². The Balaban J connectivity index is 1.55. The molecule has 0 radical (unpaired) electrons. The number of amides is 1. The molecule has 1 atom stereocenters. The van der Waals surface area contributed by atoms with Gasteiger partial charge in [0.05, 0.1) is 11.3 Å². The number of rotatable bonds is 3. The topological polar surface area (TPSA) is 71.0 Å². The van der Waals surface area contributed by atoms with E-state index in [9.17, 15) is 4.79 Å². The van der Waals surface area contributed by atoms with Gasteiger partial charge in [0.25, 0.3) is 0 Å². The molecular formula is C19H20BrN5OS. The van der Waals surface area contributed by atoms with E-state index in [2.05, 4.69) is 54.9 Å². The molecule has 1 fully saturated rings. The van der Waals surface area contributed by atoms with E-state index in [1.807, 2.05) is 6.07 Å². The molecule has 1 amide bonds. The number of aromatic nitrogens is 3. The number of piperidine rings is 1. The van der Waals surface area contributed by atoms with E-state index < -0.39 is 0 Å². The molecule has 4 rings (SSSR count). The van der Waals surface area contributed by atoms with Crippen molar-refractivity contribution in [2.24, 2.45) is 5.92 Å². The van der Waals surface area contributed by atoms with Crippen molar-refractivity contribution in [3.63, 3.8) is 0 Å². The molecule has 0 bridgehead atoms. The maximum atomic E-state index is 12.7. The molecule has 140 valence electrons. The zero-order chi connectivity index (χ0) is 19.0. The summed E-state index contributed by atoms with van der Waals surface area (Å²) in [5.74, 6) is 1.45. The quantitative estimate of drug-likeness (QED) is 0.649. The average Bonchev–Trinajstić information content (AvgIpc) is 2.98. The summed E-state index contributed by atoms with van der Waals surface area (Å²) in [5, 5.41) is 4.06. The Bertz CT molecular complexity index is 988. The second-order valence-electron chi connectivity index (χ2n) is 6.80. The fraction of sp³-hybridized carbons (Fsp3) is 0.368. The summed E-state index contributed by atoms with van der Waals surface area (Å²) in [6.45, 7) is 5.79. The Morgan fingerprint density at radius 2 is 2.15 bits per heavy atom. The first-order valence-corrected chi connectivity index (χ1v) is 10.5. The summed E-state index contributed by atoms with van der Waals surface area (Å²) in [5.41, 5.74) is 1.23. The maximum Gasteiger partial charge on any atom is 0.230 e. The summed E-state index contributed by atoms with van der Waals surface area (Å²) in [6, 6.07) is 3.67. The highest BCUT2D eigenvalue weighted by Crippen LogP contribution is 2.35. The number of nitrogens with one attached hydrogen (secondary N) is 1. The highest BCUT2D eigenvalue weighted by atomic mass is 79.9. The second-order valence-corrected chi connectivity index (χ2v) is 8.92. The fourth-order valence-corrected chi connectivity index (χ4v) is 4.69. The fourth-order valence-electron chi connectivity index (χ4n) is 3.47. The third-order valence-corrected chi connectivity index (χ3v) is 6.60. The lowest BCUT2D eigenvalue weighted by molar-refractivity contribution is -0.120. The molecule has 1 aliphatic rings. The van der Waals surface area contributed by atoms with Crippen LogP contribution in [0.1, 0.15) is 23.3 Å². The zero-order valence-electron chi connectivity index (χ0n) is 15.2. The molecular weight excluding hydrogens is 426 g/mol. The number of hydrogen-bond donors (Lipinski definition) is 1. The smallest absolute Gasteiger partial charge is 0.230 e. The number of aryl methyl sites for hydroxylation is 2. The third kappa shape index (κ3) is 3.68. The van der Waals surface area contributed by atoms with Crippen molar-refractivity contribution in [2.75, 3.05) is 23.3 Å². The highest BCUT2D eigenvalue weighted by molar-refractivity contribution is 9.10. The molecule has 0 aliphatic carbocycles. The van der Waals surface area contributed by atoms with Gasteiger partial charge in [0.1, 0.15) is 22.8 Å². The van der Waals surface area contributed by atoms with Crippen molar-refractivity contribution in [2.45, 2.75) is 26.7 Å². The molecule has 4 heterocycles. The van der Waals surface area contributed by atoms with Gasteiger partial charge < -0.3 is 10.2 Å². The van der Waals surface area contributed by atoms with Gasteiger partial charge in [-0.2, -0.15) is 0 Å². The van der Waals surface area contributed by atoms with Gasteiger partial charge >= 0.3 is 0 Å². The lowest BCUT2D eigenvalue weighted by Gasteiger charge is -2.33. The van der Waals surface area contributed by atoms with E-state index in [0.717, 1.165) is 39.9 Å². The van der Waals surface area contributed by atoms with E-state index in [-0.39, 0.29) is 11.8 Å². The van der Waals surface area contributed by atoms with Crippen LogP contribution in [0.3, 0.4) is 0 Å². The number of halogens is 1. The van der Waals surface area contributed by atoms with Gasteiger partial charge in [0.15, 0.2) is 0 Å². The highest BCUT2D eigenvalue weighted by Gasteiger charge is 2.28. The van der Waals surface area contributed by atoms with Crippen LogP contribution in [-0.4, -0.2) is 33.9 Å². The molecule has 0 saturated carbocycles. The van der Waals surface area contributed by atoms with Crippen LogP contribution in [0.25, 0.3) is 10.2 Å². The number of carbonyl (C=O) groups is 1. The van der Waals surface area contributed by atoms with Crippen LogP contribution in [0.4, 0.5) is 11.6 Å². The number of thiophene rings is 1. The molecule has 0 aromatic carbocycles. The predicted octanol–water partition coefficient (Wildman–Crippen LogP) is 4.32. The van der Waals surface area contributed by atoms with Crippen LogP contribution < -0.4 is 10.2 Å². The van der Waals surface area contributed by atoms with Gasteiger partial charge in [0, 0.05) is 28.6 Å². The second kappa shape index (κ2) is 7.52. The first kappa shape index (κ1) is 18.3. The molecule has 6 nitrogen and oxygen atoms in total. The van der Waals surface area contributed by atoms with Gasteiger partial charge in [-0.25, -0.2) is 15.0 Å². The monoisotopic (exact) mass is 445 g/mol. The standard InChI is InChI=1S/C19H20BrN5OS/c1-11-12(2)27-19-16(11)17(22-10-23-19)25-7-3-4-13(9-25)18(26)24-15-6-5-14(20)8-21-15/h5-6,8,10,13H,3-4,7,9H2,1-2H3,(H,21,24,26). The van der Waals surface area contributed by atoms with Gasteiger partial charge in [-0.15, -0.1) is 11.3 Å². The Morgan fingerprint density at radius 1 is 1.30 bits per heavy atom. The Kier molecular flexibility index (Phi) is 5.10. The minimum Gasteiger partial charge on any atom is -0.355 e. The molecule has 27 heavy (non-hydrogen) atoms. The van der Waals surface area contributed by atoms with Gasteiger partial charge in [-0.1, -0.05) is 0 Å². The Labute approximate surface area is 170 Å². The molecule has 1 aliphatic heterocycles. The molecule has 8 heteroatoms. The van der Waals surface area contributed by atoms with E-state index in [1.165, 1.54) is 10.4 Å². The number of pyridine rings is 1. The van der Waals surface area contributed by atoms with Gasteiger partial charge in [0.2, 0.25) is 5.91 Å². The maximum absolute atomic E-state index is 12.7. The molecule has 0 spiro atoms. The lowest BCUT2D eigenvalue weighted by atomic mass is 9.96. The predicted molar refractivity (Wildman–Crippen MR) is 112 cm³/mol. The number of hydrogen-bond acceptors (Lipinski definition) is 6. The SMILES string of the molecule is Cc1sc2ncnc(N3CCCC(C(=O)Nc4ccc(Br)cn4)C3)c2c1C. The van der Waals surface area contributed by atoms with Crippen LogP contribution >= 0.6 is 27.3 Å². The van der Waals surface area contributed by atoms with E-state index in [4.69, 9.17) is 0 Å². The number of nitrogens with zero attached hydrogens (tertiary/aromatic N) is 4. The van der Waals surface area contributed by atoms with Gasteiger partial charge in [-0.3, -0.25) is 4.79 Å². The van der Waals surface area contributed by atoms with Crippen LogP contribution in [0.5, 0.6) is 0 Å². The molecule has 3 aromatic rings. The van der Waals surface area contributed by atoms with Crippen molar-refractivity contribution in [1.82, 2.24) is 15.0 Å². The van der Waals surface area contributed by atoms with E-state index in [1.54, 1.807) is 29.9 Å². The molecule has 1 unspecified atom stereocenters. The normalized spacial score (nSPS) is 17.3. The summed E-state index contributed by atoms with van der Waals surface area (Å²) >= 11 is 5.05. The van der Waals surface area contributed by atoms with Crippen LogP contribution in [0.2, 0.25) is 0 Å². The Morgan fingerprint density at radius 3 is 2.93 bits per heavy atom. The summed E-state index contributed by atoms with van der Waals surface area (Å²) < 4.78 is 0.888. The van der Waals surface area contributed by atoms with Crippen LogP contribution in [0, 0.1) is 19.8 Å². The summed E-state index contributed by atoms with van der Waals surface area (Å²) in [4.78, 5) is 30.5. The Hall–Kier alpha value is -2.06. The van der Waals surface area contributed by atoms with Crippen molar-refractivity contribution in [1.29, 1.82) is 0 Å². The third-order valence-electron chi connectivity index (χ3n) is 5.02. The van der Waals surface area contributed by atoms with Crippen LogP contribution in [-0.2, 0) is 4.79 Å². The summed E-state index contributed by atoms with van der Waals surface area (Å²) in [7, 11) is 0. The minimum atomic E-state index is -0.0887. The first-order valence-electron chi connectivity index (χ1n) is 8.91. The largest absolute Gasteiger partial charge is 0.355 e. The van der Waals surface area contributed by atoms with Crippen molar-refractivity contribution in [3.8, 4) is 0 Å². The van der Waals surface area contributed by atoms with E-state index in [0.29, 0.717) is 12.4 Å². The van der Waals surface area contributed by atoms with E-state index >= 15 is 0 Å². The number of anilines is 2. The molecule has 1 saturated heterocycles. The summed E-state index contributed by atoms with van der Waals surface area (Å²) in [6.07, 6.45) is 5.14. The van der Waals surface area contributed by atoms with Gasteiger partial charge in [-0.05, 0) is 60.3 Å². The van der Waals surface area contributed by atoms with Crippen molar-refractivity contribution in [3.05, 3.63) is 39.6 Å². The molecule has 3 aromatic heterocycles. The average molecular weight is 446 g/mol. The zero-order valence-corrected chi connectivity index (χ0v) is 17.6. The number of fused-ring (bicyclic) bond motifs is 1. The number of carbonyl (C=O) groups excluding carboxylic acids is 1. The first-order chi connectivity index (χ1) is 13.0. The minimum absolute atomic E-state index is 0.0121. The van der Waals surface area contributed by atoms with Crippen molar-refractivity contribution >= 4 is 55.0 Å². The van der Waals surface area contributed by atoms with Crippen molar-refractivity contribution < 1.29 is 4.79 Å².